The average Bonchev–Trinajstić information content (AvgIpc) is 3.03. The molecule has 5 aromatic rings. The van der Waals surface area contributed by atoms with E-state index in [0.717, 1.165) is 21.4 Å². The molecule has 5 aromatic carbocycles. The highest BCUT2D eigenvalue weighted by molar-refractivity contribution is 8.00. The minimum absolute atomic E-state index is 0.0124. The number of amides is 3. The number of thioether (sulfide) groups is 1. The van der Waals surface area contributed by atoms with Gasteiger partial charge in [-0.25, -0.2) is 0 Å². The Hall–Kier alpha value is -4.56. The largest absolute Gasteiger partial charge is 0.325 e. The molecule has 0 radical (unpaired) electrons. The topological polar surface area (TPSA) is 87.3 Å². The summed E-state index contributed by atoms with van der Waals surface area (Å²) in [6.07, 6.45) is 1.48. The van der Waals surface area contributed by atoms with Gasteiger partial charge in [0.1, 0.15) is 5.70 Å². The highest BCUT2D eigenvalue weighted by Crippen LogP contribution is 2.28. The molecule has 3 N–H and O–H groups in total. The molecule has 3 amide bonds. The van der Waals surface area contributed by atoms with Crippen LogP contribution in [0.2, 0.25) is 10.0 Å². The number of hydrogen-bond donors (Lipinski definition) is 3. The predicted molar refractivity (Wildman–Crippen MR) is 177 cm³/mol. The maximum atomic E-state index is 13.3. The summed E-state index contributed by atoms with van der Waals surface area (Å²) < 4.78 is 0. The van der Waals surface area contributed by atoms with Gasteiger partial charge in [-0.1, -0.05) is 89.9 Å². The van der Waals surface area contributed by atoms with Crippen LogP contribution < -0.4 is 16.0 Å². The zero-order valence-corrected chi connectivity index (χ0v) is 25.0. The van der Waals surface area contributed by atoms with Crippen molar-refractivity contribution in [2.45, 2.75) is 4.90 Å². The second kappa shape index (κ2) is 14.1. The molecule has 6 nitrogen and oxygen atoms in total. The first kappa shape index (κ1) is 29.9. The minimum Gasteiger partial charge on any atom is -0.325 e. The average molecular weight is 627 g/mol. The molecule has 0 aliphatic heterocycles. The summed E-state index contributed by atoms with van der Waals surface area (Å²) >= 11 is 13.9. The van der Waals surface area contributed by atoms with E-state index in [1.807, 2.05) is 54.6 Å². The summed E-state index contributed by atoms with van der Waals surface area (Å²) in [5, 5.41) is 11.1. The van der Waals surface area contributed by atoms with Gasteiger partial charge in [0, 0.05) is 27.2 Å². The third-order valence-electron chi connectivity index (χ3n) is 6.36. The molecule has 0 fully saturated rings. The lowest BCUT2D eigenvalue weighted by Gasteiger charge is -2.12. The van der Waals surface area contributed by atoms with Gasteiger partial charge in [0.15, 0.2) is 0 Å². The summed E-state index contributed by atoms with van der Waals surface area (Å²) in [7, 11) is 0. The Morgan fingerprint density at radius 2 is 1.42 bits per heavy atom. The van der Waals surface area contributed by atoms with Gasteiger partial charge in [-0.05, 0) is 65.6 Å². The lowest BCUT2D eigenvalue weighted by Crippen LogP contribution is -2.30. The van der Waals surface area contributed by atoms with E-state index in [4.69, 9.17) is 23.2 Å². The van der Waals surface area contributed by atoms with Crippen molar-refractivity contribution in [3.05, 3.63) is 142 Å². The first-order valence-corrected chi connectivity index (χ1v) is 15.0. The zero-order valence-electron chi connectivity index (χ0n) is 22.6. The van der Waals surface area contributed by atoms with Crippen molar-refractivity contribution < 1.29 is 14.4 Å². The van der Waals surface area contributed by atoms with Crippen LogP contribution in [0, 0.1) is 0 Å². The van der Waals surface area contributed by atoms with E-state index in [1.54, 1.807) is 60.7 Å². The molecular weight excluding hydrogens is 601 g/mol. The van der Waals surface area contributed by atoms with E-state index in [-0.39, 0.29) is 22.4 Å². The number of nitrogens with one attached hydrogen (secondary N) is 3. The maximum Gasteiger partial charge on any atom is 0.272 e. The lowest BCUT2D eigenvalue weighted by atomic mass is 10.1. The van der Waals surface area contributed by atoms with E-state index < -0.39 is 11.8 Å². The van der Waals surface area contributed by atoms with Crippen LogP contribution in [0.25, 0.3) is 16.8 Å². The summed E-state index contributed by atoms with van der Waals surface area (Å²) in [5.41, 5.74) is 2.13. The molecule has 0 saturated carbocycles. The Kier molecular flexibility index (Phi) is 9.79. The number of hydrogen-bond acceptors (Lipinski definition) is 4. The zero-order chi connectivity index (χ0) is 30.2. The van der Waals surface area contributed by atoms with Crippen molar-refractivity contribution in [1.29, 1.82) is 0 Å². The number of anilines is 2. The van der Waals surface area contributed by atoms with Gasteiger partial charge in [-0.15, -0.1) is 11.8 Å². The number of halogens is 2. The van der Waals surface area contributed by atoms with Gasteiger partial charge < -0.3 is 16.0 Å². The number of benzene rings is 5. The van der Waals surface area contributed by atoms with Gasteiger partial charge >= 0.3 is 0 Å². The predicted octanol–water partition coefficient (Wildman–Crippen LogP) is 8.29. The first-order chi connectivity index (χ1) is 20.9. The van der Waals surface area contributed by atoms with Crippen LogP contribution in [0.4, 0.5) is 11.4 Å². The Labute approximate surface area is 263 Å². The van der Waals surface area contributed by atoms with Crippen LogP contribution in [-0.2, 0) is 9.59 Å². The van der Waals surface area contributed by atoms with Crippen molar-refractivity contribution >= 4 is 80.9 Å². The molecular formula is C34H25Cl2N3O3S. The Balaban J connectivity index is 1.24. The van der Waals surface area contributed by atoms with Crippen molar-refractivity contribution in [3.8, 4) is 0 Å². The number of carbonyl (C=O) groups is 3. The molecule has 43 heavy (non-hydrogen) atoms. The van der Waals surface area contributed by atoms with E-state index in [9.17, 15) is 14.4 Å². The summed E-state index contributed by atoms with van der Waals surface area (Å²) in [6.45, 7) is 0. The fourth-order valence-corrected chi connectivity index (χ4v) is 5.29. The highest BCUT2D eigenvalue weighted by Gasteiger charge is 2.16. The smallest absolute Gasteiger partial charge is 0.272 e. The highest BCUT2D eigenvalue weighted by atomic mass is 35.5. The first-order valence-electron chi connectivity index (χ1n) is 13.2. The number of carbonyl (C=O) groups excluding carboxylic acids is 3. The Morgan fingerprint density at radius 3 is 2.21 bits per heavy atom. The fraction of sp³-hybridized carbons (Fsp3) is 0.0294. The molecule has 0 aliphatic carbocycles. The maximum absolute atomic E-state index is 13.3. The van der Waals surface area contributed by atoms with Crippen LogP contribution in [-0.4, -0.2) is 23.5 Å². The third kappa shape index (κ3) is 7.84. The van der Waals surface area contributed by atoms with Gasteiger partial charge in [0.25, 0.3) is 11.8 Å². The number of fused-ring (bicyclic) bond motifs is 1. The second-order valence-corrected chi connectivity index (χ2v) is 11.2. The Morgan fingerprint density at radius 1 is 0.721 bits per heavy atom. The van der Waals surface area contributed by atoms with Crippen LogP contribution in [0.5, 0.6) is 0 Å². The van der Waals surface area contributed by atoms with Crippen molar-refractivity contribution in [2.75, 3.05) is 16.4 Å². The van der Waals surface area contributed by atoms with Gasteiger partial charge in [-0.3, -0.25) is 14.4 Å². The van der Waals surface area contributed by atoms with Crippen LogP contribution in [0.3, 0.4) is 0 Å². The summed E-state index contributed by atoms with van der Waals surface area (Å²) in [6, 6.07) is 34.3. The normalized spacial score (nSPS) is 11.2. The molecule has 214 valence electrons. The lowest BCUT2D eigenvalue weighted by molar-refractivity contribution is -0.114. The van der Waals surface area contributed by atoms with Gasteiger partial charge in [-0.2, -0.15) is 0 Å². The molecule has 0 saturated heterocycles. The molecule has 0 atom stereocenters. The quantitative estimate of drug-likeness (QED) is 0.114. The van der Waals surface area contributed by atoms with Crippen LogP contribution in [0.1, 0.15) is 15.9 Å². The van der Waals surface area contributed by atoms with E-state index in [1.165, 1.54) is 17.8 Å². The molecule has 9 heteroatoms. The SMILES string of the molecule is O=C(CSc1ccc(NC(=O)/C(=C/c2cccc(Cl)c2Cl)NC(=O)c2ccccc2)cc1)Nc1cccc2ccccc12. The molecule has 0 spiro atoms. The summed E-state index contributed by atoms with van der Waals surface area (Å²) in [4.78, 5) is 39.7. The van der Waals surface area contributed by atoms with Crippen molar-refractivity contribution in [3.63, 3.8) is 0 Å². The van der Waals surface area contributed by atoms with E-state index in [2.05, 4.69) is 16.0 Å². The molecule has 5 rings (SSSR count). The molecule has 0 unspecified atom stereocenters. The monoisotopic (exact) mass is 625 g/mol. The van der Waals surface area contributed by atoms with E-state index >= 15 is 0 Å². The molecule has 0 heterocycles. The number of rotatable bonds is 9. The second-order valence-electron chi connectivity index (χ2n) is 9.36. The fourth-order valence-electron chi connectivity index (χ4n) is 4.23. The summed E-state index contributed by atoms with van der Waals surface area (Å²) in [5.74, 6) is -0.903. The van der Waals surface area contributed by atoms with Crippen LogP contribution >= 0.6 is 35.0 Å². The third-order valence-corrected chi connectivity index (χ3v) is 8.20. The van der Waals surface area contributed by atoms with Gasteiger partial charge in [0.05, 0.1) is 15.8 Å². The van der Waals surface area contributed by atoms with E-state index in [0.29, 0.717) is 21.8 Å². The van der Waals surface area contributed by atoms with Crippen molar-refractivity contribution in [1.82, 2.24) is 5.32 Å². The van der Waals surface area contributed by atoms with Crippen molar-refractivity contribution in [2.24, 2.45) is 0 Å². The standard InChI is InChI=1S/C34H25Cl2N3O3S/c35-28-14-6-12-24(32(28)36)20-30(39-33(41)23-9-2-1-3-10-23)34(42)37-25-16-18-26(19-17-25)43-21-31(40)38-29-15-7-11-22-8-4-5-13-27(22)29/h1-20H,21H2,(H,37,42)(H,38,40)(H,39,41)/b30-20-. The molecule has 0 bridgehead atoms. The van der Waals surface area contributed by atoms with Gasteiger partial charge in [0.2, 0.25) is 5.91 Å². The molecule has 0 aliphatic rings. The minimum atomic E-state index is -0.546. The molecule has 0 aromatic heterocycles. The Bertz CT molecular complexity index is 1820. The van der Waals surface area contributed by atoms with Crippen LogP contribution in [0.15, 0.2) is 126 Å².